The molecule has 1 aromatic carbocycles. The molecule has 0 aliphatic carbocycles. The van der Waals surface area contributed by atoms with E-state index in [9.17, 15) is 28.1 Å². The van der Waals surface area contributed by atoms with E-state index in [0.717, 1.165) is 28.6 Å². The molecule has 32 heavy (non-hydrogen) atoms. The van der Waals surface area contributed by atoms with Crippen LogP contribution < -0.4 is 5.32 Å². The molecule has 0 spiro atoms. The Morgan fingerprint density at radius 2 is 2.03 bits per heavy atom. The Morgan fingerprint density at radius 1 is 1.31 bits per heavy atom. The Labute approximate surface area is 187 Å². The average molecular weight is 490 g/mol. The highest BCUT2D eigenvalue weighted by molar-refractivity contribution is 7.99. The number of aromatic nitrogens is 5. The summed E-state index contributed by atoms with van der Waals surface area (Å²) in [6, 6.07) is 4.73. The van der Waals surface area contributed by atoms with E-state index in [0.29, 0.717) is 11.7 Å². The van der Waals surface area contributed by atoms with Crippen molar-refractivity contribution >= 4 is 40.6 Å². The fourth-order valence-corrected chi connectivity index (χ4v) is 3.76. The van der Waals surface area contributed by atoms with Gasteiger partial charge in [-0.25, -0.2) is 0 Å². The second kappa shape index (κ2) is 9.16. The van der Waals surface area contributed by atoms with Gasteiger partial charge in [-0.15, -0.1) is 10.2 Å². The molecule has 2 heterocycles. The van der Waals surface area contributed by atoms with Crippen molar-refractivity contribution in [2.75, 3.05) is 11.1 Å². The molecule has 0 radical (unpaired) electrons. The molecule has 0 atom stereocenters. The number of carbonyl (C=O) groups excluding carboxylic acids is 1. The molecule has 2 aromatic heterocycles. The van der Waals surface area contributed by atoms with Gasteiger partial charge in [0.05, 0.1) is 10.7 Å². The predicted octanol–water partition coefficient (Wildman–Crippen LogP) is 4.01. The van der Waals surface area contributed by atoms with Crippen LogP contribution in [0.1, 0.15) is 12.6 Å². The fourth-order valence-electron chi connectivity index (χ4n) is 2.77. The minimum Gasteiger partial charge on any atom is -0.325 e. The molecule has 170 valence electrons. The standard InChI is InChI=1S/C17H15ClF3N7O3S/c1-3-27-15(11-7-13(17(19,20)21)26(2)25-11)23-24-16(27)32-8-14(29)22-9-4-5-10(18)12(6-9)28(30)31/h4-7H,3,8H2,1-2H3,(H,22,29). The first kappa shape index (κ1) is 23.5. The monoisotopic (exact) mass is 489 g/mol. The van der Waals surface area contributed by atoms with Crippen molar-refractivity contribution in [1.82, 2.24) is 24.5 Å². The maximum absolute atomic E-state index is 13.0. The molecule has 0 saturated carbocycles. The zero-order valence-electron chi connectivity index (χ0n) is 16.6. The van der Waals surface area contributed by atoms with Crippen molar-refractivity contribution in [3.05, 3.63) is 45.1 Å². The largest absolute Gasteiger partial charge is 0.433 e. The molecule has 0 saturated heterocycles. The van der Waals surface area contributed by atoms with Crippen LogP contribution in [0.2, 0.25) is 5.02 Å². The van der Waals surface area contributed by atoms with Crippen LogP contribution in [0, 0.1) is 10.1 Å². The predicted molar refractivity (Wildman–Crippen MR) is 110 cm³/mol. The van der Waals surface area contributed by atoms with Gasteiger partial charge in [-0.05, 0) is 25.1 Å². The van der Waals surface area contributed by atoms with E-state index in [4.69, 9.17) is 11.6 Å². The van der Waals surface area contributed by atoms with Gasteiger partial charge >= 0.3 is 6.18 Å². The fraction of sp³-hybridized carbons (Fsp3) is 0.294. The molecule has 10 nitrogen and oxygen atoms in total. The third kappa shape index (κ3) is 5.02. The summed E-state index contributed by atoms with van der Waals surface area (Å²) in [4.78, 5) is 22.5. The first-order valence-corrected chi connectivity index (χ1v) is 10.3. The van der Waals surface area contributed by atoms with Crippen LogP contribution in [-0.4, -0.2) is 41.1 Å². The van der Waals surface area contributed by atoms with E-state index in [1.807, 2.05) is 0 Å². The number of alkyl halides is 3. The smallest absolute Gasteiger partial charge is 0.325 e. The lowest BCUT2D eigenvalue weighted by atomic mass is 10.3. The summed E-state index contributed by atoms with van der Waals surface area (Å²) in [6.07, 6.45) is -4.57. The molecule has 0 fully saturated rings. The Kier molecular flexibility index (Phi) is 6.74. The normalized spacial score (nSPS) is 11.6. The van der Waals surface area contributed by atoms with Gasteiger partial charge in [-0.1, -0.05) is 23.4 Å². The summed E-state index contributed by atoms with van der Waals surface area (Å²) in [5.41, 5.74) is -1.08. The van der Waals surface area contributed by atoms with Gasteiger partial charge < -0.3 is 9.88 Å². The number of anilines is 1. The summed E-state index contributed by atoms with van der Waals surface area (Å²) in [6.45, 7) is 2.07. The van der Waals surface area contributed by atoms with Crippen molar-refractivity contribution in [2.45, 2.75) is 24.8 Å². The SMILES string of the molecule is CCn1c(SCC(=O)Nc2ccc(Cl)c([N+](=O)[O-])c2)nnc1-c1cc(C(F)(F)F)n(C)n1. The lowest BCUT2D eigenvalue weighted by Crippen LogP contribution is -2.14. The van der Waals surface area contributed by atoms with Crippen LogP contribution in [0.15, 0.2) is 29.4 Å². The molecular formula is C17H15ClF3N7O3S. The summed E-state index contributed by atoms with van der Waals surface area (Å²) in [5.74, 6) is -0.462. The maximum Gasteiger partial charge on any atom is 0.433 e. The summed E-state index contributed by atoms with van der Waals surface area (Å²) in [5, 5.41) is 25.5. The number of aryl methyl sites for hydroxylation is 1. The van der Waals surface area contributed by atoms with Gasteiger partial charge in [-0.3, -0.25) is 19.6 Å². The number of nitro groups is 1. The van der Waals surface area contributed by atoms with E-state index >= 15 is 0 Å². The summed E-state index contributed by atoms with van der Waals surface area (Å²) >= 11 is 6.75. The zero-order chi connectivity index (χ0) is 23.6. The Morgan fingerprint density at radius 3 is 2.62 bits per heavy atom. The first-order chi connectivity index (χ1) is 15.0. The van der Waals surface area contributed by atoms with E-state index < -0.39 is 22.7 Å². The number of amides is 1. The quantitative estimate of drug-likeness (QED) is 0.302. The van der Waals surface area contributed by atoms with Crippen LogP contribution in [-0.2, 0) is 24.6 Å². The van der Waals surface area contributed by atoms with Gasteiger partial charge in [0.25, 0.3) is 5.69 Å². The van der Waals surface area contributed by atoms with Crippen molar-refractivity contribution in [2.24, 2.45) is 7.05 Å². The topological polar surface area (TPSA) is 121 Å². The minimum atomic E-state index is -4.57. The van der Waals surface area contributed by atoms with Gasteiger partial charge in [0.2, 0.25) is 5.91 Å². The van der Waals surface area contributed by atoms with E-state index in [1.165, 1.54) is 23.7 Å². The minimum absolute atomic E-state index is 0.000972. The van der Waals surface area contributed by atoms with Crippen LogP contribution in [0.25, 0.3) is 11.5 Å². The van der Waals surface area contributed by atoms with Gasteiger partial charge in [0.1, 0.15) is 16.4 Å². The van der Waals surface area contributed by atoms with Crippen LogP contribution in [0.5, 0.6) is 0 Å². The lowest BCUT2D eigenvalue weighted by Gasteiger charge is -2.07. The zero-order valence-corrected chi connectivity index (χ0v) is 18.1. The summed E-state index contributed by atoms with van der Waals surface area (Å²) < 4.78 is 41.4. The lowest BCUT2D eigenvalue weighted by molar-refractivity contribution is -0.384. The highest BCUT2D eigenvalue weighted by atomic mass is 35.5. The van der Waals surface area contributed by atoms with Crippen molar-refractivity contribution in [1.29, 1.82) is 0 Å². The number of halogens is 4. The number of thioether (sulfide) groups is 1. The Hall–Kier alpha value is -3.13. The van der Waals surface area contributed by atoms with E-state index in [2.05, 4.69) is 20.6 Å². The molecule has 0 aliphatic heterocycles. The molecule has 3 rings (SSSR count). The summed E-state index contributed by atoms with van der Waals surface area (Å²) in [7, 11) is 1.18. The molecule has 0 bridgehead atoms. The molecule has 0 aliphatic rings. The number of nitrogens with zero attached hydrogens (tertiary/aromatic N) is 6. The number of rotatable bonds is 7. The van der Waals surface area contributed by atoms with Gasteiger partial charge in [0.15, 0.2) is 11.0 Å². The molecule has 3 aromatic rings. The second-order valence-corrected chi connectivity index (χ2v) is 7.70. The third-order valence-corrected chi connectivity index (χ3v) is 5.48. The molecule has 0 unspecified atom stereocenters. The first-order valence-electron chi connectivity index (χ1n) is 8.92. The van der Waals surface area contributed by atoms with Crippen LogP contribution in [0.4, 0.5) is 24.5 Å². The number of nitro benzene ring substituents is 1. The highest BCUT2D eigenvalue weighted by Gasteiger charge is 2.35. The Balaban J connectivity index is 1.73. The number of hydrogen-bond donors (Lipinski definition) is 1. The molecule has 15 heteroatoms. The second-order valence-electron chi connectivity index (χ2n) is 6.35. The van der Waals surface area contributed by atoms with E-state index in [1.54, 1.807) is 6.92 Å². The number of benzene rings is 1. The van der Waals surface area contributed by atoms with Gasteiger partial charge in [0, 0.05) is 25.3 Å². The van der Waals surface area contributed by atoms with Crippen LogP contribution >= 0.6 is 23.4 Å². The molecular weight excluding hydrogens is 475 g/mol. The average Bonchev–Trinajstić information content (AvgIpc) is 3.30. The maximum atomic E-state index is 13.0. The van der Waals surface area contributed by atoms with Crippen LogP contribution in [0.3, 0.4) is 0 Å². The highest BCUT2D eigenvalue weighted by Crippen LogP contribution is 2.32. The number of hydrogen-bond acceptors (Lipinski definition) is 7. The van der Waals surface area contributed by atoms with Crippen molar-refractivity contribution < 1.29 is 22.9 Å². The van der Waals surface area contributed by atoms with Crippen molar-refractivity contribution in [3.63, 3.8) is 0 Å². The molecule has 1 N–H and O–H groups in total. The number of carbonyl (C=O) groups is 1. The van der Waals surface area contributed by atoms with E-state index in [-0.39, 0.29) is 33.7 Å². The molecule has 1 amide bonds. The van der Waals surface area contributed by atoms with Crippen molar-refractivity contribution in [3.8, 4) is 11.5 Å². The third-order valence-electron chi connectivity index (χ3n) is 4.19. The Bertz CT molecular complexity index is 1180. The number of nitrogens with one attached hydrogen (secondary N) is 1. The van der Waals surface area contributed by atoms with Gasteiger partial charge in [-0.2, -0.15) is 18.3 Å².